The van der Waals surface area contributed by atoms with E-state index in [1.54, 1.807) is 6.07 Å². The number of amides is 1. The Kier molecular flexibility index (Phi) is 6.08. The lowest BCUT2D eigenvalue weighted by Gasteiger charge is -2.28. The first-order valence-corrected chi connectivity index (χ1v) is 10.7. The predicted molar refractivity (Wildman–Crippen MR) is 107 cm³/mol. The maximum Gasteiger partial charge on any atom is 0.236 e. The summed E-state index contributed by atoms with van der Waals surface area (Å²) in [5, 5.41) is 9.79. The van der Waals surface area contributed by atoms with E-state index in [0.717, 1.165) is 23.8 Å². The zero-order valence-corrected chi connectivity index (χ0v) is 17.3. The smallest absolute Gasteiger partial charge is 0.236 e. The molecule has 0 bridgehead atoms. The van der Waals surface area contributed by atoms with Gasteiger partial charge in [0.2, 0.25) is 5.91 Å². The molecule has 1 aliphatic carbocycles. The first-order valence-electron chi connectivity index (χ1n) is 9.48. The molecule has 1 unspecified atom stereocenters. The van der Waals surface area contributed by atoms with E-state index >= 15 is 0 Å². The van der Waals surface area contributed by atoms with Crippen LogP contribution in [0.3, 0.4) is 0 Å². The van der Waals surface area contributed by atoms with Crippen molar-refractivity contribution >= 4 is 29.3 Å². The van der Waals surface area contributed by atoms with Crippen LogP contribution in [-0.4, -0.2) is 57.1 Å². The summed E-state index contributed by atoms with van der Waals surface area (Å²) in [5.74, 6) is 1.50. The van der Waals surface area contributed by atoms with E-state index in [-0.39, 0.29) is 11.2 Å². The minimum Gasteiger partial charge on any atom is -0.484 e. The molecule has 1 aliphatic heterocycles. The number of para-hydroxylation sites is 1. The maximum absolute atomic E-state index is 12.7. The molecule has 150 valence electrons. The lowest BCUT2D eigenvalue weighted by molar-refractivity contribution is -0.134. The average Bonchev–Trinajstić information content (AvgIpc) is 3.48. The number of carbonyl (C=O) groups excluding carboxylic acids is 1. The Bertz CT molecular complexity index is 836. The number of thioether (sulfide) groups is 1. The number of benzene rings is 1. The van der Waals surface area contributed by atoms with E-state index in [0.29, 0.717) is 49.7 Å². The number of morpholine rings is 1. The molecule has 1 atom stereocenters. The fourth-order valence-electron chi connectivity index (χ4n) is 3.14. The topological polar surface area (TPSA) is 69.5 Å². The molecule has 1 amide bonds. The van der Waals surface area contributed by atoms with Crippen LogP contribution in [0, 0.1) is 0 Å². The van der Waals surface area contributed by atoms with Gasteiger partial charge in [0.1, 0.15) is 12.4 Å². The molecule has 0 N–H and O–H groups in total. The van der Waals surface area contributed by atoms with Crippen LogP contribution in [0.5, 0.6) is 5.75 Å². The summed E-state index contributed by atoms with van der Waals surface area (Å²) < 4.78 is 13.3. The first kappa shape index (κ1) is 19.5. The fraction of sp³-hybridized carbons (Fsp3) is 0.526. The molecule has 2 fully saturated rings. The number of ether oxygens (including phenoxy) is 2. The van der Waals surface area contributed by atoms with Gasteiger partial charge in [0.25, 0.3) is 0 Å². The third kappa shape index (κ3) is 4.45. The number of rotatable bonds is 7. The van der Waals surface area contributed by atoms with E-state index in [1.807, 2.05) is 30.0 Å². The third-order valence-electron chi connectivity index (χ3n) is 4.79. The van der Waals surface area contributed by atoms with Crippen LogP contribution < -0.4 is 4.74 Å². The van der Waals surface area contributed by atoms with Gasteiger partial charge in [-0.1, -0.05) is 35.5 Å². The van der Waals surface area contributed by atoms with Crippen LogP contribution in [0.2, 0.25) is 5.02 Å². The first-order chi connectivity index (χ1) is 13.6. The molecule has 4 rings (SSSR count). The van der Waals surface area contributed by atoms with Crippen molar-refractivity contribution < 1.29 is 14.3 Å². The minimum absolute atomic E-state index is 0.118. The van der Waals surface area contributed by atoms with E-state index in [1.165, 1.54) is 11.8 Å². The Morgan fingerprint density at radius 3 is 2.79 bits per heavy atom. The molecular weight excluding hydrogens is 400 g/mol. The van der Waals surface area contributed by atoms with E-state index < -0.39 is 0 Å². The van der Waals surface area contributed by atoms with Gasteiger partial charge in [-0.2, -0.15) is 0 Å². The molecule has 2 aliphatic rings. The van der Waals surface area contributed by atoms with Crippen molar-refractivity contribution in [1.82, 2.24) is 19.7 Å². The lowest BCUT2D eigenvalue weighted by atomic mass is 10.3. The van der Waals surface area contributed by atoms with E-state index in [9.17, 15) is 4.79 Å². The van der Waals surface area contributed by atoms with Gasteiger partial charge in [-0.3, -0.25) is 9.36 Å². The second kappa shape index (κ2) is 8.71. The summed E-state index contributed by atoms with van der Waals surface area (Å²) >= 11 is 7.63. The number of nitrogens with zero attached hydrogens (tertiary/aromatic N) is 4. The Balaban J connectivity index is 1.44. The van der Waals surface area contributed by atoms with Crippen molar-refractivity contribution in [3.05, 3.63) is 35.1 Å². The Morgan fingerprint density at radius 2 is 2.07 bits per heavy atom. The number of hydrogen-bond acceptors (Lipinski definition) is 6. The molecule has 1 saturated heterocycles. The molecule has 28 heavy (non-hydrogen) atoms. The molecule has 9 heteroatoms. The van der Waals surface area contributed by atoms with Gasteiger partial charge < -0.3 is 14.4 Å². The SMILES string of the molecule is CC(Sc1nnc(COc2ccccc2Cl)n1C1CC1)C(=O)N1CCOCC1. The van der Waals surface area contributed by atoms with Crippen LogP contribution in [0.4, 0.5) is 0 Å². The molecule has 1 aromatic heterocycles. The summed E-state index contributed by atoms with van der Waals surface area (Å²) in [6.07, 6.45) is 2.19. The average molecular weight is 423 g/mol. The third-order valence-corrected chi connectivity index (χ3v) is 6.15. The maximum atomic E-state index is 12.7. The Labute approximate surface area is 173 Å². The normalized spacial score (nSPS) is 18.1. The molecule has 2 heterocycles. The summed E-state index contributed by atoms with van der Waals surface area (Å²) in [6.45, 7) is 4.72. The molecule has 2 aromatic rings. The molecule has 1 aromatic carbocycles. The van der Waals surface area contributed by atoms with Crippen LogP contribution in [0.15, 0.2) is 29.4 Å². The minimum atomic E-state index is -0.225. The second-order valence-corrected chi connectivity index (χ2v) is 8.63. The summed E-state index contributed by atoms with van der Waals surface area (Å²) in [5.41, 5.74) is 0. The number of aromatic nitrogens is 3. The molecule has 1 saturated carbocycles. The van der Waals surface area contributed by atoms with Gasteiger partial charge in [-0.25, -0.2) is 0 Å². The highest BCUT2D eigenvalue weighted by atomic mass is 35.5. The zero-order valence-electron chi connectivity index (χ0n) is 15.7. The number of hydrogen-bond donors (Lipinski definition) is 0. The number of halogens is 1. The van der Waals surface area contributed by atoms with Gasteiger partial charge in [0.15, 0.2) is 11.0 Å². The molecular formula is C19H23ClN4O3S. The standard InChI is InChI=1S/C19H23ClN4O3S/c1-13(18(25)23-8-10-26-11-9-23)28-19-22-21-17(24(19)14-6-7-14)12-27-16-5-3-2-4-15(16)20/h2-5,13-14H,6-12H2,1H3. The van der Waals surface area contributed by atoms with Crippen LogP contribution in [0.1, 0.15) is 31.6 Å². The van der Waals surface area contributed by atoms with Gasteiger partial charge in [0.05, 0.1) is 23.5 Å². The highest BCUT2D eigenvalue weighted by Crippen LogP contribution is 2.40. The summed E-state index contributed by atoms with van der Waals surface area (Å²) in [4.78, 5) is 14.6. The van der Waals surface area contributed by atoms with Crippen LogP contribution in [-0.2, 0) is 16.1 Å². The Morgan fingerprint density at radius 1 is 1.32 bits per heavy atom. The van der Waals surface area contributed by atoms with Crippen LogP contribution in [0.25, 0.3) is 0 Å². The molecule has 0 spiro atoms. The quantitative estimate of drug-likeness (QED) is 0.638. The fourth-order valence-corrected chi connectivity index (χ4v) is 4.35. The highest BCUT2D eigenvalue weighted by Gasteiger charge is 2.32. The largest absolute Gasteiger partial charge is 0.484 e. The van der Waals surface area contributed by atoms with Crippen molar-refractivity contribution in [1.29, 1.82) is 0 Å². The van der Waals surface area contributed by atoms with Gasteiger partial charge in [-0.15, -0.1) is 10.2 Å². The van der Waals surface area contributed by atoms with Crippen molar-refractivity contribution in [3.63, 3.8) is 0 Å². The number of carbonyl (C=O) groups is 1. The predicted octanol–water partition coefficient (Wildman–Crippen LogP) is 3.18. The van der Waals surface area contributed by atoms with Gasteiger partial charge >= 0.3 is 0 Å². The lowest BCUT2D eigenvalue weighted by Crippen LogP contribution is -2.44. The second-order valence-electron chi connectivity index (χ2n) is 6.92. The highest BCUT2D eigenvalue weighted by molar-refractivity contribution is 8.00. The molecule has 0 radical (unpaired) electrons. The Hall–Kier alpha value is -1.77. The monoisotopic (exact) mass is 422 g/mol. The van der Waals surface area contributed by atoms with Crippen molar-refractivity contribution in [3.8, 4) is 5.75 Å². The van der Waals surface area contributed by atoms with Crippen LogP contribution >= 0.6 is 23.4 Å². The van der Waals surface area contributed by atoms with Gasteiger partial charge in [0, 0.05) is 19.1 Å². The molecule has 7 nitrogen and oxygen atoms in total. The van der Waals surface area contributed by atoms with Crippen molar-refractivity contribution in [2.24, 2.45) is 0 Å². The van der Waals surface area contributed by atoms with E-state index in [4.69, 9.17) is 21.1 Å². The van der Waals surface area contributed by atoms with Gasteiger partial charge in [-0.05, 0) is 31.9 Å². The summed E-state index contributed by atoms with van der Waals surface area (Å²) in [6, 6.07) is 7.76. The zero-order chi connectivity index (χ0) is 19.5. The summed E-state index contributed by atoms with van der Waals surface area (Å²) in [7, 11) is 0. The van der Waals surface area contributed by atoms with Crippen molar-refractivity contribution in [2.75, 3.05) is 26.3 Å². The van der Waals surface area contributed by atoms with E-state index in [2.05, 4.69) is 14.8 Å². The van der Waals surface area contributed by atoms with Crippen molar-refractivity contribution in [2.45, 2.75) is 42.8 Å².